The zero-order chi connectivity index (χ0) is 17.7. The third kappa shape index (κ3) is 4.76. The van der Waals surface area contributed by atoms with E-state index in [0.29, 0.717) is 10.2 Å². The summed E-state index contributed by atoms with van der Waals surface area (Å²) in [4.78, 5) is 35.8. The topological polar surface area (TPSA) is 75.3 Å². The van der Waals surface area contributed by atoms with Crippen molar-refractivity contribution in [1.82, 2.24) is 5.32 Å². The highest BCUT2D eigenvalue weighted by Crippen LogP contribution is 2.22. The maximum atomic E-state index is 12.4. The average molecular weight is 389 g/mol. The van der Waals surface area contributed by atoms with E-state index < -0.39 is 11.7 Å². The van der Waals surface area contributed by atoms with Gasteiger partial charge in [0.15, 0.2) is 0 Å². The number of halogens is 1. The van der Waals surface area contributed by atoms with Crippen LogP contribution in [0.25, 0.3) is 0 Å². The van der Waals surface area contributed by atoms with E-state index in [1.807, 2.05) is 31.2 Å². The summed E-state index contributed by atoms with van der Waals surface area (Å²) < 4.78 is 0.645. The highest BCUT2D eigenvalue weighted by molar-refractivity contribution is 9.10. The molecular formula is C18H17BrN2O3. The average Bonchev–Trinajstić information content (AvgIpc) is 2.54. The Hall–Kier alpha value is -2.47. The molecule has 0 aromatic heterocycles. The van der Waals surface area contributed by atoms with Gasteiger partial charge in [-0.05, 0) is 30.7 Å². The van der Waals surface area contributed by atoms with Crippen LogP contribution in [0, 0.1) is 6.92 Å². The van der Waals surface area contributed by atoms with Gasteiger partial charge in [0.25, 0.3) is 11.7 Å². The number of nitrogens with one attached hydrogen (secondary N) is 2. The second kappa shape index (κ2) is 7.88. The number of carbonyl (C=O) groups is 3. The first-order chi connectivity index (χ1) is 11.4. The van der Waals surface area contributed by atoms with Crippen molar-refractivity contribution in [3.8, 4) is 0 Å². The number of carbonyl (C=O) groups excluding carboxylic acids is 3. The van der Waals surface area contributed by atoms with Gasteiger partial charge in [0.2, 0.25) is 5.91 Å². The van der Waals surface area contributed by atoms with E-state index in [-0.39, 0.29) is 18.0 Å². The van der Waals surface area contributed by atoms with Crippen LogP contribution in [0.2, 0.25) is 0 Å². The number of anilines is 1. The molecule has 24 heavy (non-hydrogen) atoms. The molecule has 2 aromatic carbocycles. The molecule has 0 unspecified atom stereocenters. The quantitative estimate of drug-likeness (QED) is 0.609. The fourth-order valence-corrected chi connectivity index (χ4v) is 2.45. The number of ketones is 1. The third-order valence-electron chi connectivity index (χ3n) is 3.32. The van der Waals surface area contributed by atoms with Gasteiger partial charge in [0, 0.05) is 17.9 Å². The van der Waals surface area contributed by atoms with Gasteiger partial charge in [0.1, 0.15) is 0 Å². The molecule has 0 atom stereocenters. The lowest BCUT2D eigenvalue weighted by Crippen LogP contribution is -2.31. The van der Waals surface area contributed by atoms with Gasteiger partial charge >= 0.3 is 0 Å². The number of hydrogen-bond acceptors (Lipinski definition) is 3. The summed E-state index contributed by atoms with van der Waals surface area (Å²) in [5.41, 5.74) is 2.47. The molecule has 2 N–H and O–H groups in total. The minimum Gasteiger partial charge on any atom is -0.345 e. The van der Waals surface area contributed by atoms with E-state index in [2.05, 4.69) is 26.6 Å². The van der Waals surface area contributed by atoms with Crippen molar-refractivity contribution in [3.63, 3.8) is 0 Å². The molecule has 5 nitrogen and oxygen atoms in total. The Morgan fingerprint density at radius 2 is 1.71 bits per heavy atom. The molecule has 0 radical (unpaired) electrons. The fourth-order valence-electron chi connectivity index (χ4n) is 2.09. The Kier molecular flexibility index (Phi) is 5.87. The van der Waals surface area contributed by atoms with Gasteiger partial charge in [-0.2, -0.15) is 0 Å². The van der Waals surface area contributed by atoms with Crippen LogP contribution in [0.4, 0.5) is 5.69 Å². The van der Waals surface area contributed by atoms with Crippen molar-refractivity contribution in [2.75, 3.05) is 5.32 Å². The molecule has 0 fully saturated rings. The molecule has 0 saturated carbocycles. The van der Waals surface area contributed by atoms with Gasteiger partial charge in [-0.3, -0.25) is 14.4 Å². The molecule has 0 saturated heterocycles. The van der Waals surface area contributed by atoms with E-state index in [9.17, 15) is 14.4 Å². The largest absolute Gasteiger partial charge is 0.345 e. The number of amides is 2. The summed E-state index contributed by atoms with van der Waals surface area (Å²) in [6, 6.07) is 12.4. The van der Waals surface area contributed by atoms with Crippen molar-refractivity contribution in [3.05, 3.63) is 63.6 Å². The van der Waals surface area contributed by atoms with Gasteiger partial charge in [0.05, 0.1) is 11.3 Å². The van der Waals surface area contributed by atoms with Crippen LogP contribution in [-0.4, -0.2) is 17.6 Å². The molecule has 0 heterocycles. The number of aryl methyl sites for hydroxylation is 1. The molecule has 0 bridgehead atoms. The van der Waals surface area contributed by atoms with E-state index >= 15 is 0 Å². The van der Waals surface area contributed by atoms with Crippen molar-refractivity contribution in [2.45, 2.75) is 20.4 Å². The van der Waals surface area contributed by atoms with Crippen LogP contribution < -0.4 is 10.6 Å². The van der Waals surface area contributed by atoms with E-state index in [1.165, 1.54) is 13.0 Å². The SMILES string of the molecule is CC(=O)Nc1ccc(Br)cc1C(=O)C(=O)NCc1ccc(C)cc1. The highest BCUT2D eigenvalue weighted by atomic mass is 79.9. The highest BCUT2D eigenvalue weighted by Gasteiger charge is 2.20. The summed E-state index contributed by atoms with van der Waals surface area (Å²) in [5, 5.41) is 5.16. The Balaban J connectivity index is 2.12. The van der Waals surface area contributed by atoms with Crippen LogP contribution >= 0.6 is 15.9 Å². The summed E-state index contributed by atoms with van der Waals surface area (Å²) in [5.74, 6) is -1.74. The normalized spacial score (nSPS) is 10.1. The maximum Gasteiger partial charge on any atom is 0.292 e. The van der Waals surface area contributed by atoms with Crippen LogP contribution in [0.5, 0.6) is 0 Å². The molecule has 6 heteroatoms. The van der Waals surface area contributed by atoms with Gasteiger partial charge in [-0.15, -0.1) is 0 Å². The molecule has 0 aliphatic carbocycles. The Labute approximate surface area is 148 Å². The molecular weight excluding hydrogens is 372 g/mol. The second-order valence-corrected chi connectivity index (χ2v) is 6.28. The lowest BCUT2D eigenvalue weighted by Gasteiger charge is -2.10. The van der Waals surface area contributed by atoms with E-state index in [1.54, 1.807) is 12.1 Å². The van der Waals surface area contributed by atoms with E-state index in [0.717, 1.165) is 11.1 Å². The van der Waals surface area contributed by atoms with Crippen LogP contribution in [-0.2, 0) is 16.1 Å². The van der Waals surface area contributed by atoms with Crippen molar-refractivity contribution >= 4 is 39.2 Å². The first-order valence-corrected chi connectivity index (χ1v) is 8.11. The minimum absolute atomic E-state index is 0.140. The molecule has 2 rings (SSSR count). The minimum atomic E-state index is -0.722. The predicted octanol–water partition coefficient (Wildman–Crippen LogP) is 3.22. The van der Waals surface area contributed by atoms with Crippen molar-refractivity contribution < 1.29 is 14.4 Å². The monoisotopic (exact) mass is 388 g/mol. The molecule has 0 spiro atoms. The lowest BCUT2D eigenvalue weighted by atomic mass is 10.1. The van der Waals surface area contributed by atoms with Crippen LogP contribution in [0.15, 0.2) is 46.9 Å². The maximum absolute atomic E-state index is 12.4. The number of Topliss-reactive ketones (excluding diaryl/α,β-unsaturated/α-hetero) is 1. The van der Waals surface area contributed by atoms with Gasteiger partial charge in [-0.1, -0.05) is 45.8 Å². The summed E-state index contributed by atoms with van der Waals surface area (Å²) in [6.07, 6.45) is 0. The number of rotatable bonds is 5. The predicted molar refractivity (Wildman–Crippen MR) is 95.8 cm³/mol. The van der Waals surface area contributed by atoms with Crippen molar-refractivity contribution in [2.24, 2.45) is 0 Å². The van der Waals surface area contributed by atoms with Crippen LogP contribution in [0.3, 0.4) is 0 Å². The molecule has 124 valence electrons. The van der Waals surface area contributed by atoms with E-state index in [4.69, 9.17) is 0 Å². The molecule has 2 aromatic rings. The fraction of sp³-hybridized carbons (Fsp3) is 0.167. The number of hydrogen-bond donors (Lipinski definition) is 2. The molecule has 2 amide bonds. The zero-order valence-electron chi connectivity index (χ0n) is 13.4. The first-order valence-electron chi connectivity index (χ1n) is 7.32. The third-order valence-corrected chi connectivity index (χ3v) is 3.81. The Morgan fingerprint density at radius 1 is 1.04 bits per heavy atom. The van der Waals surface area contributed by atoms with Gasteiger partial charge < -0.3 is 10.6 Å². The number of benzene rings is 2. The second-order valence-electron chi connectivity index (χ2n) is 5.37. The summed E-state index contributed by atoms with van der Waals surface area (Å²) in [7, 11) is 0. The summed E-state index contributed by atoms with van der Waals surface area (Å²) in [6.45, 7) is 3.57. The first kappa shape index (κ1) is 17.9. The Bertz CT molecular complexity index is 785. The Morgan fingerprint density at radius 3 is 2.33 bits per heavy atom. The molecule has 0 aliphatic rings. The molecule has 0 aliphatic heterocycles. The summed E-state index contributed by atoms with van der Waals surface area (Å²) >= 11 is 3.27. The van der Waals surface area contributed by atoms with Gasteiger partial charge in [-0.25, -0.2) is 0 Å². The lowest BCUT2D eigenvalue weighted by molar-refractivity contribution is -0.117. The smallest absolute Gasteiger partial charge is 0.292 e. The zero-order valence-corrected chi connectivity index (χ0v) is 14.9. The standard InChI is InChI=1S/C18H17BrN2O3/c1-11-3-5-13(6-4-11)10-20-18(24)17(23)15-9-14(19)7-8-16(15)21-12(2)22/h3-9H,10H2,1-2H3,(H,20,24)(H,21,22). The van der Waals surface area contributed by atoms with Crippen LogP contribution in [0.1, 0.15) is 28.4 Å². The van der Waals surface area contributed by atoms with Crippen molar-refractivity contribution in [1.29, 1.82) is 0 Å².